The van der Waals surface area contributed by atoms with Crippen molar-refractivity contribution in [2.45, 2.75) is 80.3 Å². The number of rotatable bonds is 14. The van der Waals surface area contributed by atoms with Crippen LogP contribution < -0.4 is 10.6 Å². The molecule has 2 amide bonds. The number of hydrogen-bond acceptors (Lipinski definition) is 10. The van der Waals surface area contributed by atoms with E-state index in [1.54, 1.807) is 13.8 Å². The summed E-state index contributed by atoms with van der Waals surface area (Å²) in [6.45, 7) is 12.2. The average Bonchev–Trinajstić information content (AvgIpc) is 4.03. The molecule has 4 N–H and O–H groups in total. The molecule has 8 bridgehead atoms. The van der Waals surface area contributed by atoms with Crippen LogP contribution in [-0.4, -0.2) is 73.8 Å². The third kappa shape index (κ3) is 8.62. The molecule has 0 spiro atoms. The summed E-state index contributed by atoms with van der Waals surface area (Å²) in [4.78, 5) is 73.6. The van der Waals surface area contributed by atoms with Gasteiger partial charge in [-0.15, -0.1) is 0 Å². The Hall–Kier alpha value is -7.24. The molecule has 310 valence electrons. The monoisotopic (exact) mass is 814 g/mol. The molecule has 18 nitrogen and oxygen atoms in total. The molecule has 60 heavy (non-hydrogen) atoms. The second-order valence-corrected chi connectivity index (χ2v) is 15.0. The van der Waals surface area contributed by atoms with E-state index in [0.717, 1.165) is 66.9 Å². The number of nitro groups is 2. The maximum Gasteiger partial charge on any atom is 0.342 e. The Morgan fingerprint density at radius 3 is 1.52 bits per heavy atom. The molecule has 7 heterocycles. The molecular formula is C42H46N12O6. The van der Waals surface area contributed by atoms with Crippen molar-refractivity contribution in [1.82, 2.24) is 49.7 Å². The van der Waals surface area contributed by atoms with E-state index in [9.17, 15) is 29.8 Å². The molecule has 0 fully saturated rings. The van der Waals surface area contributed by atoms with Crippen LogP contribution in [0.5, 0.6) is 0 Å². The second kappa shape index (κ2) is 16.9. The maximum atomic E-state index is 13.2. The van der Waals surface area contributed by atoms with Crippen molar-refractivity contribution >= 4 is 67.8 Å². The van der Waals surface area contributed by atoms with Gasteiger partial charge in [0.2, 0.25) is 11.8 Å². The molecule has 0 saturated heterocycles. The van der Waals surface area contributed by atoms with Crippen molar-refractivity contribution < 1.29 is 19.4 Å². The van der Waals surface area contributed by atoms with Gasteiger partial charge in [0.15, 0.2) is 11.6 Å². The van der Waals surface area contributed by atoms with E-state index in [-0.39, 0.29) is 62.5 Å². The highest BCUT2D eigenvalue weighted by atomic mass is 16.6. The van der Waals surface area contributed by atoms with Crippen LogP contribution in [0.3, 0.4) is 0 Å². The first kappa shape index (κ1) is 40.9. The van der Waals surface area contributed by atoms with Crippen molar-refractivity contribution in [3.8, 4) is 0 Å². The Kier molecular flexibility index (Phi) is 11.5. The predicted octanol–water partition coefficient (Wildman–Crippen LogP) is 6.81. The quantitative estimate of drug-likeness (QED) is 0.0674. The minimum atomic E-state index is -0.496. The van der Waals surface area contributed by atoms with Gasteiger partial charge in [0, 0.05) is 48.8 Å². The van der Waals surface area contributed by atoms with Gasteiger partial charge < -0.3 is 40.8 Å². The molecule has 18 heteroatoms. The van der Waals surface area contributed by atoms with E-state index in [2.05, 4.69) is 48.8 Å². The third-order valence-corrected chi connectivity index (χ3v) is 11.0. The fourth-order valence-corrected chi connectivity index (χ4v) is 7.66. The first-order valence-electron chi connectivity index (χ1n) is 19.6. The van der Waals surface area contributed by atoms with Gasteiger partial charge in [-0.3, -0.25) is 9.59 Å². The standard InChI is InChI=1S/C42H46N12O6/c1-23-15-30-18-35-25(3)31(7-9-39(55)43-11-13-51-27(5)45-21-41(51)53(57)58)37(49-35)20-38-32(8-10-40(56)44-12-14-52-28(6)46-22-42(52)54(59)60)26(4)36(50-38)19-34-24(2)16-29(48-34)17-33(23)47-30/h15-22,47-48H,7-14H2,1-6H3,(H,43,55)(H,44,56). The van der Waals surface area contributed by atoms with E-state index in [1.165, 1.54) is 21.5 Å². The van der Waals surface area contributed by atoms with Crippen LogP contribution in [-0.2, 0) is 22.7 Å². The first-order chi connectivity index (χ1) is 28.7. The van der Waals surface area contributed by atoms with Crippen molar-refractivity contribution in [2.24, 2.45) is 0 Å². The van der Waals surface area contributed by atoms with Gasteiger partial charge in [0.05, 0.1) is 35.9 Å². The Balaban J connectivity index is 1.19. The normalized spacial score (nSPS) is 12.6. The molecule has 0 aromatic carbocycles. The molecule has 2 aliphatic heterocycles. The zero-order valence-corrected chi connectivity index (χ0v) is 34.3. The van der Waals surface area contributed by atoms with Crippen LogP contribution in [0.25, 0.3) is 44.4 Å². The largest absolute Gasteiger partial charge is 0.358 e. The summed E-state index contributed by atoms with van der Waals surface area (Å²) < 4.78 is 2.92. The number of fused-ring (bicyclic) bond motifs is 8. The number of aromatic nitrogens is 8. The Bertz CT molecular complexity index is 2800. The molecule has 5 aromatic heterocycles. The Morgan fingerprint density at radius 1 is 0.617 bits per heavy atom. The lowest BCUT2D eigenvalue weighted by molar-refractivity contribution is -0.392. The lowest BCUT2D eigenvalue weighted by atomic mass is 9.98. The van der Waals surface area contributed by atoms with Gasteiger partial charge >= 0.3 is 11.6 Å². The average molecular weight is 815 g/mol. The van der Waals surface area contributed by atoms with Crippen LogP contribution >= 0.6 is 0 Å². The summed E-state index contributed by atoms with van der Waals surface area (Å²) in [6, 6.07) is 12.1. The number of aryl methyl sites for hydroxylation is 4. The lowest BCUT2D eigenvalue weighted by Gasteiger charge is -2.09. The SMILES string of the molecule is CC1=C(CCC(=O)NCCn2c([N+](=O)[O-])cnc2C)c2cc3nc(cc4[nH]c(cc4C)cc4[nH]c(cc1n2)cc4C)C(C)=C3CCC(=O)NCCn1c([N+](=O)[O-])cnc1C. The summed E-state index contributed by atoms with van der Waals surface area (Å²) in [5.41, 5.74) is 12.1. The van der Waals surface area contributed by atoms with Crippen molar-refractivity contribution in [1.29, 1.82) is 0 Å². The molecule has 0 aliphatic carbocycles. The van der Waals surface area contributed by atoms with Crippen molar-refractivity contribution in [2.75, 3.05) is 13.1 Å². The van der Waals surface area contributed by atoms with Gasteiger partial charge in [0.25, 0.3) is 0 Å². The van der Waals surface area contributed by atoms with Crippen LogP contribution in [0, 0.1) is 47.9 Å². The number of carbonyl (C=O) groups is 2. The molecule has 0 saturated carbocycles. The van der Waals surface area contributed by atoms with E-state index in [0.29, 0.717) is 35.9 Å². The smallest absolute Gasteiger partial charge is 0.342 e. The van der Waals surface area contributed by atoms with Crippen LogP contribution in [0.2, 0.25) is 0 Å². The number of nitrogens with zero attached hydrogens (tertiary/aromatic N) is 8. The van der Waals surface area contributed by atoms with Crippen molar-refractivity contribution in [3.05, 3.63) is 115 Å². The van der Waals surface area contributed by atoms with E-state index in [4.69, 9.17) is 9.97 Å². The van der Waals surface area contributed by atoms with Crippen LogP contribution in [0.1, 0.15) is 85.1 Å². The summed E-state index contributed by atoms with van der Waals surface area (Å²) >= 11 is 0. The van der Waals surface area contributed by atoms with Gasteiger partial charge in [-0.1, -0.05) is 0 Å². The van der Waals surface area contributed by atoms with Gasteiger partial charge in [0.1, 0.15) is 25.5 Å². The molecule has 0 radical (unpaired) electrons. The number of amides is 2. The maximum absolute atomic E-state index is 13.2. The summed E-state index contributed by atoms with van der Waals surface area (Å²) in [6.07, 6.45) is 3.44. The number of H-pyrrole nitrogens is 2. The molecule has 0 unspecified atom stereocenters. The van der Waals surface area contributed by atoms with Crippen LogP contribution in [0.4, 0.5) is 11.6 Å². The molecule has 2 aliphatic rings. The molecule has 5 aromatic rings. The fourth-order valence-electron chi connectivity index (χ4n) is 7.66. The predicted molar refractivity (Wildman–Crippen MR) is 227 cm³/mol. The number of hydrogen-bond donors (Lipinski definition) is 4. The lowest BCUT2D eigenvalue weighted by Crippen LogP contribution is -2.27. The number of aromatic amines is 2. The highest BCUT2D eigenvalue weighted by Gasteiger charge is 2.24. The number of imidazole rings is 2. The van der Waals surface area contributed by atoms with Gasteiger partial charge in [-0.25, -0.2) is 29.1 Å². The molecule has 0 atom stereocenters. The van der Waals surface area contributed by atoms with E-state index in [1.807, 2.05) is 45.9 Å². The topological polar surface area (TPSA) is 237 Å². The second-order valence-electron chi connectivity index (χ2n) is 15.0. The summed E-state index contributed by atoms with van der Waals surface area (Å²) in [5, 5.41) is 28.6. The van der Waals surface area contributed by atoms with Gasteiger partial charge in [-0.2, -0.15) is 0 Å². The van der Waals surface area contributed by atoms with Crippen LogP contribution in [0.15, 0.2) is 48.8 Å². The zero-order chi connectivity index (χ0) is 42.8. The highest BCUT2D eigenvalue weighted by Crippen LogP contribution is 2.37. The van der Waals surface area contributed by atoms with Crippen molar-refractivity contribution in [3.63, 3.8) is 0 Å². The number of carbonyl (C=O) groups excluding carboxylic acids is 2. The highest BCUT2D eigenvalue weighted by molar-refractivity contribution is 5.96. The molecule has 7 rings (SSSR count). The minimum absolute atomic E-state index is 0.132. The summed E-state index contributed by atoms with van der Waals surface area (Å²) in [5.74, 6) is 0.284. The van der Waals surface area contributed by atoms with Gasteiger partial charge in [-0.05, 0) is 120 Å². The summed E-state index contributed by atoms with van der Waals surface area (Å²) in [7, 11) is 0. The minimum Gasteiger partial charge on any atom is -0.358 e. The van der Waals surface area contributed by atoms with E-state index >= 15 is 0 Å². The number of allylic oxidation sites excluding steroid dienone is 4. The first-order valence-corrected chi connectivity index (χ1v) is 19.6. The Morgan fingerprint density at radius 2 is 1.05 bits per heavy atom. The van der Waals surface area contributed by atoms with E-state index < -0.39 is 9.85 Å². The third-order valence-electron chi connectivity index (χ3n) is 11.0. The zero-order valence-electron chi connectivity index (χ0n) is 34.3. The Labute approximate surface area is 344 Å². The fraction of sp³-hybridized carbons (Fsp3) is 0.333. The number of nitrogens with one attached hydrogen (secondary N) is 4. The molecular weight excluding hydrogens is 769 g/mol.